The molecular weight excluding hydrogens is 598 g/mol. The van der Waals surface area contributed by atoms with Gasteiger partial charge in [0.1, 0.15) is 23.3 Å². The lowest BCUT2D eigenvalue weighted by molar-refractivity contribution is 0.0892. The zero-order chi connectivity index (χ0) is 31.0. The summed E-state index contributed by atoms with van der Waals surface area (Å²) in [6.45, 7) is -0.0841. The number of nitrogens with one attached hydrogen (secondary N) is 1. The first-order valence-electron chi connectivity index (χ1n) is 13.8. The molecule has 3 aromatic rings. The molecule has 1 heterocycles. The third-order valence-corrected chi connectivity index (χ3v) is 7.75. The van der Waals surface area contributed by atoms with Crippen LogP contribution in [0.5, 0.6) is 11.5 Å². The lowest BCUT2D eigenvalue weighted by Crippen LogP contribution is -2.36. The number of hydrogen-bond donors (Lipinski definition) is 3. The minimum absolute atomic E-state index is 0.0219. The van der Waals surface area contributed by atoms with Gasteiger partial charge in [-0.3, -0.25) is 4.79 Å². The predicted octanol–water partition coefficient (Wildman–Crippen LogP) is 4.90. The molecule has 1 aliphatic rings. The average molecular weight is 632 g/mol. The molecule has 3 N–H and O–H groups in total. The van der Waals surface area contributed by atoms with Crippen LogP contribution in [0.2, 0.25) is 5.15 Å². The van der Waals surface area contributed by atoms with Gasteiger partial charge in [-0.05, 0) is 67.1 Å². The highest BCUT2D eigenvalue weighted by Gasteiger charge is 2.22. The van der Waals surface area contributed by atoms with Crippen molar-refractivity contribution in [1.29, 1.82) is 0 Å². The van der Waals surface area contributed by atoms with Gasteiger partial charge in [0.2, 0.25) is 10.0 Å². The summed E-state index contributed by atoms with van der Waals surface area (Å²) >= 11 is 5.77. The van der Waals surface area contributed by atoms with Gasteiger partial charge in [0.15, 0.2) is 0 Å². The summed E-state index contributed by atoms with van der Waals surface area (Å²) in [6, 6.07) is 15.2. The Morgan fingerprint density at radius 2 is 1.77 bits per heavy atom. The first-order valence-corrected chi connectivity index (χ1v) is 16.1. The molecule has 1 fully saturated rings. The number of ether oxygens (including phenoxy) is 2. The topological polar surface area (TPSA) is 155 Å². The maximum absolute atomic E-state index is 12.7. The third kappa shape index (κ3) is 9.57. The van der Waals surface area contributed by atoms with Gasteiger partial charge >= 0.3 is 6.09 Å². The van der Waals surface area contributed by atoms with Crippen molar-refractivity contribution in [2.75, 3.05) is 26.0 Å². The minimum Gasteiger partial charge on any atom is -0.492 e. The van der Waals surface area contributed by atoms with E-state index in [4.69, 9.17) is 21.1 Å². The maximum Gasteiger partial charge on any atom is 0.407 e. The molecule has 0 saturated heterocycles. The smallest absolute Gasteiger partial charge is 0.407 e. The number of carbonyl (C=O) groups is 2. The van der Waals surface area contributed by atoms with Crippen LogP contribution in [0.4, 0.5) is 4.79 Å². The van der Waals surface area contributed by atoms with Crippen LogP contribution in [0.25, 0.3) is 11.1 Å². The summed E-state index contributed by atoms with van der Waals surface area (Å²) in [4.78, 5) is 29.4. The Morgan fingerprint density at radius 1 is 1.07 bits per heavy atom. The van der Waals surface area contributed by atoms with Gasteiger partial charge in [0, 0.05) is 11.8 Å². The highest BCUT2D eigenvalue weighted by atomic mass is 35.5. The van der Waals surface area contributed by atoms with Crippen LogP contribution in [0, 0.1) is 0 Å². The van der Waals surface area contributed by atoms with Gasteiger partial charge in [0.25, 0.3) is 5.91 Å². The Balaban J connectivity index is 1.41. The second-order valence-corrected chi connectivity index (χ2v) is 12.5. The number of rotatable bonds is 12. The Bertz CT molecular complexity index is 1510. The third-order valence-electron chi connectivity index (χ3n) is 6.97. The molecule has 1 aliphatic carbocycles. The van der Waals surface area contributed by atoms with Gasteiger partial charge in [0.05, 0.1) is 37.1 Å². The fraction of sp³-hybridized carbons (Fsp3) is 0.367. The molecule has 230 valence electrons. The van der Waals surface area contributed by atoms with Crippen LogP contribution in [-0.2, 0) is 10.0 Å². The fourth-order valence-corrected chi connectivity index (χ4v) is 5.31. The summed E-state index contributed by atoms with van der Waals surface area (Å²) in [5, 5.41) is 20.2. The lowest BCUT2D eigenvalue weighted by Gasteiger charge is -2.24. The summed E-state index contributed by atoms with van der Waals surface area (Å²) in [5.41, 5.74) is 2.16. The molecule has 0 aliphatic heterocycles. The highest BCUT2D eigenvalue weighted by Crippen LogP contribution is 2.32. The number of aliphatic hydroxyl groups excluding tert-OH is 1. The largest absolute Gasteiger partial charge is 0.492 e. The van der Waals surface area contributed by atoms with Crippen molar-refractivity contribution in [3.63, 3.8) is 0 Å². The number of aromatic nitrogens is 1. The predicted molar refractivity (Wildman–Crippen MR) is 161 cm³/mol. The van der Waals surface area contributed by atoms with Crippen molar-refractivity contribution in [3.05, 3.63) is 77.1 Å². The average Bonchev–Trinajstić information content (AvgIpc) is 2.97. The quantitative estimate of drug-likeness (QED) is 0.237. The molecule has 0 bridgehead atoms. The van der Waals surface area contributed by atoms with Gasteiger partial charge in [-0.2, -0.15) is 0 Å². The molecule has 1 atom stereocenters. The molecule has 43 heavy (non-hydrogen) atoms. The van der Waals surface area contributed by atoms with Crippen LogP contribution in [0.1, 0.15) is 54.1 Å². The van der Waals surface area contributed by atoms with Crippen molar-refractivity contribution in [2.24, 2.45) is 0 Å². The lowest BCUT2D eigenvalue weighted by atomic mass is 9.97. The normalized spacial score (nSPS) is 14.5. The second-order valence-electron chi connectivity index (χ2n) is 10.3. The van der Waals surface area contributed by atoms with E-state index in [9.17, 15) is 28.2 Å². The van der Waals surface area contributed by atoms with Crippen molar-refractivity contribution in [2.45, 2.75) is 44.3 Å². The Labute approximate surface area is 255 Å². The molecule has 0 unspecified atom stereocenters. The van der Waals surface area contributed by atoms with Crippen LogP contribution in [-0.4, -0.2) is 72.6 Å². The number of halogens is 1. The van der Waals surface area contributed by atoms with E-state index < -0.39 is 28.1 Å². The molecule has 2 aromatic carbocycles. The summed E-state index contributed by atoms with van der Waals surface area (Å²) in [5.74, 6) is 0.0759. The summed E-state index contributed by atoms with van der Waals surface area (Å²) in [6.07, 6.45) is 4.91. The fourth-order valence-electron chi connectivity index (χ4n) is 4.75. The number of amides is 2. The van der Waals surface area contributed by atoms with Crippen LogP contribution < -0.4 is 14.2 Å². The second kappa shape index (κ2) is 14.5. The van der Waals surface area contributed by atoms with Crippen molar-refractivity contribution < 1.29 is 37.7 Å². The zero-order valence-corrected chi connectivity index (χ0v) is 25.2. The Hall–Kier alpha value is -3.87. The van der Waals surface area contributed by atoms with E-state index in [1.807, 2.05) is 16.9 Å². The number of carboxylic acid groups (broad SMARTS) is 1. The number of pyridine rings is 1. The standard InChI is InChI=1S/C30H34ClN3O8S/c1-43(39,40)33-29(36)25-13-9-21(17-27(25)42-24-5-3-2-4-6-24)20-7-11-23(12-8-20)41-16-15-34(30(37)38)19-26(35)22-10-14-28(31)32-18-22/h7-14,17-18,24,26,35H,2-6,15-16,19H2,1H3,(H,33,36)(H,37,38)/t26-/m1/s1. The van der Waals surface area contributed by atoms with Gasteiger partial charge in [-0.15, -0.1) is 0 Å². The van der Waals surface area contributed by atoms with Gasteiger partial charge < -0.3 is 24.6 Å². The first kappa shape index (κ1) is 32.1. The minimum atomic E-state index is -3.75. The first-order chi connectivity index (χ1) is 20.5. The van der Waals surface area contributed by atoms with Gasteiger partial charge in [-0.25, -0.2) is 22.9 Å². The molecule has 13 heteroatoms. The van der Waals surface area contributed by atoms with Crippen LogP contribution >= 0.6 is 11.6 Å². The molecule has 1 aromatic heterocycles. The van der Waals surface area contributed by atoms with E-state index in [1.165, 1.54) is 12.3 Å². The van der Waals surface area contributed by atoms with Crippen LogP contribution in [0.3, 0.4) is 0 Å². The number of benzene rings is 2. The molecule has 0 spiro atoms. The summed E-state index contributed by atoms with van der Waals surface area (Å²) < 4.78 is 37.3. The molecule has 11 nitrogen and oxygen atoms in total. The molecule has 2 amide bonds. The van der Waals surface area contributed by atoms with Crippen molar-refractivity contribution >= 4 is 33.6 Å². The number of carbonyl (C=O) groups excluding carboxylic acids is 1. The Morgan fingerprint density at radius 3 is 2.40 bits per heavy atom. The number of sulfonamides is 1. The highest BCUT2D eigenvalue weighted by molar-refractivity contribution is 7.89. The Kier molecular flexibility index (Phi) is 10.8. The summed E-state index contributed by atoms with van der Waals surface area (Å²) in [7, 11) is -3.75. The van der Waals surface area contributed by atoms with E-state index in [0.717, 1.165) is 54.4 Å². The SMILES string of the molecule is CS(=O)(=O)NC(=O)c1ccc(-c2ccc(OCCN(C[C@@H](O)c3ccc(Cl)nc3)C(=O)O)cc2)cc1OC1CCCCC1. The number of aliphatic hydroxyl groups is 1. The molecular formula is C30H34ClN3O8S. The molecule has 0 radical (unpaired) electrons. The molecule has 1 saturated carbocycles. The van der Waals surface area contributed by atoms with E-state index in [2.05, 4.69) is 4.98 Å². The molecule has 4 rings (SSSR count). The van der Waals surface area contributed by atoms with Crippen molar-refractivity contribution in [1.82, 2.24) is 14.6 Å². The van der Waals surface area contributed by atoms with E-state index >= 15 is 0 Å². The van der Waals surface area contributed by atoms with Gasteiger partial charge in [-0.1, -0.05) is 42.3 Å². The van der Waals surface area contributed by atoms with Crippen LogP contribution in [0.15, 0.2) is 60.8 Å². The van der Waals surface area contributed by atoms with E-state index in [1.54, 1.807) is 36.4 Å². The maximum atomic E-state index is 12.7. The van der Waals surface area contributed by atoms with E-state index in [0.29, 0.717) is 17.1 Å². The zero-order valence-electron chi connectivity index (χ0n) is 23.6. The van der Waals surface area contributed by atoms with E-state index in [-0.39, 0.29) is 36.5 Å². The van der Waals surface area contributed by atoms with Crippen molar-refractivity contribution in [3.8, 4) is 22.6 Å². The number of hydrogen-bond acceptors (Lipinski definition) is 8. The monoisotopic (exact) mass is 631 g/mol. The number of nitrogens with zero attached hydrogens (tertiary/aromatic N) is 2.